The number of aryl methyl sites for hydroxylation is 1. The van der Waals surface area contributed by atoms with E-state index >= 15 is 0 Å². The smallest absolute Gasteiger partial charge is 0.242 e. The minimum atomic E-state index is -0.592. The third-order valence-electron chi connectivity index (χ3n) is 4.74. The summed E-state index contributed by atoms with van der Waals surface area (Å²) in [6.45, 7) is 6.77. The van der Waals surface area contributed by atoms with Gasteiger partial charge in [-0.15, -0.1) is 0 Å². The molecule has 28 heavy (non-hydrogen) atoms. The Kier molecular flexibility index (Phi) is 8.18. The molecule has 0 bridgehead atoms. The molecule has 1 unspecified atom stereocenters. The Labute approximate surface area is 166 Å². The maximum Gasteiger partial charge on any atom is 0.242 e. The van der Waals surface area contributed by atoms with E-state index < -0.39 is 6.04 Å². The number of nitrogens with one attached hydrogen (secondary N) is 1. The molecule has 4 nitrogen and oxygen atoms in total. The van der Waals surface area contributed by atoms with Crippen molar-refractivity contribution in [3.8, 4) is 0 Å². The van der Waals surface area contributed by atoms with E-state index in [0.29, 0.717) is 13.1 Å². The van der Waals surface area contributed by atoms with Crippen LogP contribution in [0.15, 0.2) is 48.5 Å². The molecular formula is C23H29FN2O2. The van der Waals surface area contributed by atoms with Gasteiger partial charge in [-0.2, -0.15) is 0 Å². The van der Waals surface area contributed by atoms with Crippen LogP contribution in [0.5, 0.6) is 0 Å². The zero-order valence-corrected chi connectivity index (χ0v) is 16.9. The lowest BCUT2D eigenvalue weighted by atomic mass is 10.1. The van der Waals surface area contributed by atoms with Gasteiger partial charge in [0.1, 0.15) is 11.9 Å². The minimum Gasteiger partial charge on any atom is -0.354 e. The van der Waals surface area contributed by atoms with Crippen LogP contribution < -0.4 is 5.32 Å². The van der Waals surface area contributed by atoms with Crippen LogP contribution in [0, 0.1) is 12.7 Å². The summed E-state index contributed by atoms with van der Waals surface area (Å²) in [4.78, 5) is 27.1. The van der Waals surface area contributed by atoms with Gasteiger partial charge in [-0.25, -0.2) is 4.39 Å². The summed E-state index contributed by atoms with van der Waals surface area (Å²) in [6, 6.07) is 13.2. The van der Waals surface area contributed by atoms with Crippen LogP contribution in [-0.2, 0) is 22.6 Å². The summed E-state index contributed by atoms with van der Waals surface area (Å²) in [5.41, 5.74) is 2.82. The molecule has 1 N–H and O–H groups in total. The first-order valence-corrected chi connectivity index (χ1v) is 9.78. The number of hydrogen-bond donors (Lipinski definition) is 1. The van der Waals surface area contributed by atoms with Gasteiger partial charge in [0, 0.05) is 13.1 Å². The first kappa shape index (κ1) is 21.6. The third-order valence-corrected chi connectivity index (χ3v) is 4.74. The molecule has 0 aliphatic rings. The van der Waals surface area contributed by atoms with Gasteiger partial charge in [0.2, 0.25) is 11.8 Å². The normalized spacial score (nSPS) is 11.7. The van der Waals surface area contributed by atoms with E-state index in [1.165, 1.54) is 12.1 Å². The SMILES string of the molecule is CCCCNC(=O)C(C)N(Cc1ccc(C)cc1)C(=O)Cc1ccc(F)cc1. The standard InChI is InChI=1S/C23H29FN2O2/c1-4-5-14-25-23(28)18(3)26(16-20-8-6-17(2)7-9-20)22(27)15-19-10-12-21(24)13-11-19/h6-13,18H,4-5,14-16H2,1-3H3,(H,25,28). The molecule has 0 fully saturated rings. The van der Waals surface area contributed by atoms with Crippen LogP contribution in [0.1, 0.15) is 43.4 Å². The van der Waals surface area contributed by atoms with Gasteiger partial charge in [0.15, 0.2) is 0 Å². The maximum atomic E-state index is 13.1. The average molecular weight is 384 g/mol. The van der Waals surface area contributed by atoms with Crippen LogP contribution in [0.25, 0.3) is 0 Å². The molecule has 0 aromatic heterocycles. The largest absolute Gasteiger partial charge is 0.354 e. The molecule has 0 aliphatic carbocycles. The first-order chi connectivity index (χ1) is 13.4. The van der Waals surface area contributed by atoms with Crippen molar-refractivity contribution >= 4 is 11.8 Å². The molecule has 0 saturated heterocycles. The highest BCUT2D eigenvalue weighted by Gasteiger charge is 2.26. The second-order valence-electron chi connectivity index (χ2n) is 7.13. The monoisotopic (exact) mass is 384 g/mol. The van der Waals surface area contributed by atoms with Crippen LogP contribution >= 0.6 is 0 Å². The predicted octanol–water partition coefficient (Wildman–Crippen LogP) is 4.01. The summed E-state index contributed by atoms with van der Waals surface area (Å²) in [5, 5.41) is 2.90. The van der Waals surface area contributed by atoms with Gasteiger partial charge < -0.3 is 10.2 Å². The molecule has 150 valence electrons. The first-order valence-electron chi connectivity index (χ1n) is 9.78. The molecule has 0 radical (unpaired) electrons. The average Bonchev–Trinajstić information content (AvgIpc) is 2.68. The van der Waals surface area contributed by atoms with E-state index in [9.17, 15) is 14.0 Å². The highest BCUT2D eigenvalue weighted by atomic mass is 19.1. The molecule has 1 atom stereocenters. The van der Waals surface area contributed by atoms with Crippen LogP contribution in [0.4, 0.5) is 4.39 Å². The minimum absolute atomic E-state index is 0.124. The van der Waals surface area contributed by atoms with E-state index in [1.807, 2.05) is 31.2 Å². The molecule has 2 aromatic carbocycles. The highest BCUT2D eigenvalue weighted by molar-refractivity contribution is 5.88. The molecular weight excluding hydrogens is 355 g/mol. The number of rotatable bonds is 9. The number of benzene rings is 2. The van der Waals surface area contributed by atoms with Gasteiger partial charge in [-0.3, -0.25) is 9.59 Å². The summed E-state index contributed by atoms with van der Waals surface area (Å²) < 4.78 is 13.1. The summed E-state index contributed by atoms with van der Waals surface area (Å²) in [5.74, 6) is -0.658. The number of carbonyl (C=O) groups excluding carboxylic acids is 2. The predicted molar refractivity (Wildman–Crippen MR) is 109 cm³/mol. The summed E-state index contributed by atoms with van der Waals surface area (Å²) in [6.07, 6.45) is 2.02. The van der Waals surface area contributed by atoms with Gasteiger partial charge in [-0.1, -0.05) is 55.3 Å². The lowest BCUT2D eigenvalue weighted by Gasteiger charge is -2.29. The summed E-state index contributed by atoms with van der Waals surface area (Å²) in [7, 11) is 0. The topological polar surface area (TPSA) is 49.4 Å². The van der Waals surface area contributed by atoms with Gasteiger partial charge >= 0.3 is 0 Å². The Bertz CT molecular complexity index is 772. The van der Waals surface area contributed by atoms with E-state index in [2.05, 4.69) is 12.2 Å². The van der Waals surface area contributed by atoms with E-state index in [-0.39, 0.29) is 24.1 Å². The lowest BCUT2D eigenvalue weighted by molar-refractivity contribution is -0.140. The number of carbonyl (C=O) groups is 2. The van der Waals surface area contributed by atoms with Crippen molar-refractivity contribution in [3.63, 3.8) is 0 Å². The molecule has 2 aromatic rings. The second-order valence-corrected chi connectivity index (χ2v) is 7.13. The number of halogens is 1. The van der Waals surface area contributed by atoms with E-state index in [0.717, 1.165) is 29.5 Å². The Hall–Kier alpha value is -2.69. The fraction of sp³-hybridized carbons (Fsp3) is 0.391. The van der Waals surface area contributed by atoms with Crippen molar-refractivity contribution in [1.29, 1.82) is 0 Å². The number of unbranched alkanes of at least 4 members (excludes halogenated alkanes) is 1. The highest BCUT2D eigenvalue weighted by Crippen LogP contribution is 2.14. The summed E-state index contributed by atoms with van der Waals surface area (Å²) >= 11 is 0. The van der Waals surface area contributed by atoms with E-state index in [1.54, 1.807) is 24.0 Å². The quantitative estimate of drug-likeness (QED) is 0.664. The van der Waals surface area contributed by atoms with Crippen molar-refractivity contribution in [2.45, 2.75) is 52.6 Å². The Morgan fingerprint density at radius 3 is 2.25 bits per heavy atom. The zero-order valence-electron chi connectivity index (χ0n) is 16.9. The zero-order chi connectivity index (χ0) is 20.5. The van der Waals surface area contributed by atoms with Gasteiger partial charge in [0.05, 0.1) is 6.42 Å². The number of nitrogens with zero attached hydrogens (tertiary/aromatic N) is 1. The Morgan fingerprint density at radius 1 is 1.04 bits per heavy atom. The maximum absolute atomic E-state index is 13.1. The molecule has 0 heterocycles. The molecule has 0 aliphatic heterocycles. The molecule has 2 amide bonds. The van der Waals surface area contributed by atoms with Gasteiger partial charge in [-0.05, 0) is 43.5 Å². The number of amides is 2. The fourth-order valence-electron chi connectivity index (χ4n) is 2.89. The molecule has 0 spiro atoms. The van der Waals surface area contributed by atoms with Crippen molar-refractivity contribution in [2.24, 2.45) is 0 Å². The fourth-order valence-corrected chi connectivity index (χ4v) is 2.89. The molecule has 0 saturated carbocycles. The Morgan fingerprint density at radius 2 is 1.64 bits per heavy atom. The van der Waals surface area contributed by atoms with Crippen LogP contribution in [-0.4, -0.2) is 29.3 Å². The second kappa shape index (κ2) is 10.6. The number of hydrogen-bond acceptors (Lipinski definition) is 2. The van der Waals surface area contributed by atoms with Gasteiger partial charge in [0.25, 0.3) is 0 Å². The Balaban J connectivity index is 2.15. The van der Waals surface area contributed by atoms with Crippen molar-refractivity contribution in [2.75, 3.05) is 6.54 Å². The lowest BCUT2D eigenvalue weighted by Crippen LogP contribution is -2.48. The van der Waals surface area contributed by atoms with Crippen LogP contribution in [0.2, 0.25) is 0 Å². The molecule has 5 heteroatoms. The third kappa shape index (κ3) is 6.48. The van der Waals surface area contributed by atoms with Crippen molar-refractivity contribution in [3.05, 3.63) is 71.0 Å². The van der Waals surface area contributed by atoms with E-state index in [4.69, 9.17) is 0 Å². The van der Waals surface area contributed by atoms with Crippen LogP contribution in [0.3, 0.4) is 0 Å². The van der Waals surface area contributed by atoms with Crippen molar-refractivity contribution in [1.82, 2.24) is 10.2 Å². The molecule has 2 rings (SSSR count). The van der Waals surface area contributed by atoms with Crippen molar-refractivity contribution < 1.29 is 14.0 Å².